The number of para-hydroxylation sites is 1. The molecule has 3 aromatic rings. The van der Waals surface area contributed by atoms with E-state index in [-0.39, 0.29) is 11.8 Å². The second kappa shape index (κ2) is 9.01. The summed E-state index contributed by atoms with van der Waals surface area (Å²) >= 11 is 5.96. The van der Waals surface area contributed by atoms with Crippen molar-refractivity contribution in [2.24, 2.45) is 0 Å². The predicted octanol–water partition coefficient (Wildman–Crippen LogP) is 4.56. The van der Waals surface area contributed by atoms with Gasteiger partial charge in [-0.25, -0.2) is 0 Å². The van der Waals surface area contributed by atoms with E-state index in [4.69, 9.17) is 11.6 Å². The van der Waals surface area contributed by atoms with Crippen molar-refractivity contribution >= 4 is 29.1 Å². The van der Waals surface area contributed by atoms with E-state index in [2.05, 4.69) is 10.6 Å². The van der Waals surface area contributed by atoms with Crippen LogP contribution in [0.5, 0.6) is 0 Å². The number of anilines is 1. The van der Waals surface area contributed by atoms with Crippen LogP contribution in [-0.4, -0.2) is 18.4 Å². The maximum atomic E-state index is 12.4. The minimum Gasteiger partial charge on any atom is -0.352 e. The van der Waals surface area contributed by atoms with Gasteiger partial charge in [-0.05, 0) is 54.4 Å². The Kier molecular flexibility index (Phi) is 6.23. The van der Waals surface area contributed by atoms with E-state index in [9.17, 15) is 9.59 Å². The van der Waals surface area contributed by atoms with Gasteiger partial charge in [0, 0.05) is 28.4 Å². The van der Waals surface area contributed by atoms with Gasteiger partial charge in [-0.1, -0.05) is 48.0 Å². The minimum atomic E-state index is -0.255. The number of hydrogen-bond donors (Lipinski definition) is 2. The lowest BCUT2D eigenvalue weighted by molar-refractivity contribution is 0.0954. The lowest BCUT2D eigenvalue weighted by Crippen LogP contribution is -2.26. The van der Waals surface area contributed by atoms with Crippen molar-refractivity contribution < 1.29 is 9.59 Å². The lowest BCUT2D eigenvalue weighted by atomic mass is 10.1. The Bertz CT molecular complexity index is 942. The van der Waals surface area contributed by atoms with Gasteiger partial charge < -0.3 is 10.6 Å². The molecule has 0 fully saturated rings. The number of hydrogen-bond acceptors (Lipinski definition) is 2. The van der Waals surface area contributed by atoms with Crippen LogP contribution in [0.1, 0.15) is 26.3 Å². The maximum Gasteiger partial charge on any atom is 0.255 e. The molecule has 0 saturated carbocycles. The third-order valence-corrected chi connectivity index (χ3v) is 4.24. The average molecular weight is 379 g/mol. The number of halogens is 1. The van der Waals surface area contributed by atoms with Crippen LogP contribution in [0.3, 0.4) is 0 Å². The molecule has 0 aromatic heterocycles. The molecule has 0 aliphatic rings. The third-order valence-electron chi connectivity index (χ3n) is 4.01. The van der Waals surface area contributed by atoms with E-state index in [1.165, 1.54) is 0 Å². The second-order valence-electron chi connectivity index (χ2n) is 6.04. The first-order valence-electron chi connectivity index (χ1n) is 8.61. The highest BCUT2D eigenvalue weighted by molar-refractivity contribution is 6.30. The zero-order valence-corrected chi connectivity index (χ0v) is 15.4. The van der Waals surface area contributed by atoms with Crippen molar-refractivity contribution in [3.05, 3.63) is 101 Å². The summed E-state index contributed by atoms with van der Waals surface area (Å²) in [4.78, 5) is 24.7. The van der Waals surface area contributed by atoms with Crippen molar-refractivity contribution in [1.82, 2.24) is 5.32 Å². The van der Waals surface area contributed by atoms with E-state index in [0.717, 1.165) is 5.56 Å². The van der Waals surface area contributed by atoms with Crippen LogP contribution in [-0.2, 0) is 6.42 Å². The van der Waals surface area contributed by atoms with Crippen molar-refractivity contribution in [1.29, 1.82) is 0 Å². The van der Waals surface area contributed by atoms with Gasteiger partial charge >= 0.3 is 0 Å². The van der Waals surface area contributed by atoms with E-state index in [1.807, 2.05) is 54.6 Å². The van der Waals surface area contributed by atoms with Gasteiger partial charge in [0.05, 0.1) is 0 Å². The summed E-state index contributed by atoms with van der Waals surface area (Å²) in [6.07, 6.45) is 0.681. The Morgan fingerprint density at radius 3 is 2.22 bits per heavy atom. The molecule has 0 saturated heterocycles. The summed E-state index contributed by atoms with van der Waals surface area (Å²) in [5.74, 6) is -0.471. The Morgan fingerprint density at radius 2 is 1.48 bits per heavy atom. The van der Waals surface area contributed by atoms with Crippen LogP contribution in [0.15, 0.2) is 78.9 Å². The molecule has 5 heteroatoms. The zero-order chi connectivity index (χ0) is 19.1. The summed E-state index contributed by atoms with van der Waals surface area (Å²) < 4.78 is 0. The van der Waals surface area contributed by atoms with Crippen LogP contribution in [0.25, 0.3) is 0 Å². The zero-order valence-electron chi connectivity index (χ0n) is 14.6. The van der Waals surface area contributed by atoms with Gasteiger partial charge in [0.1, 0.15) is 0 Å². The highest BCUT2D eigenvalue weighted by atomic mass is 35.5. The van der Waals surface area contributed by atoms with E-state index >= 15 is 0 Å². The van der Waals surface area contributed by atoms with Crippen molar-refractivity contribution in [2.75, 3.05) is 11.9 Å². The Balaban J connectivity index is 1.59. The number of carbonyl (C=O) groups excluding carboxylic acids is 2. The topological polar surface area (TPSA) is 58.2 Å². The van der Waals surface area contributed by atoms with Gasteiger partial charge in [0.15, 0.2) is 0 Å². The predicted molar refractivity (Wildman–Crippen MR) is 108 cm³/mol. The van der Waals surface area contributed by atoms with Crippen LogP contribution < -0.4 is 10.6 Å². The molecule has 4 nitrogen and oxygen atoms in total. The molecule has 3 rings (SSSR count). The number of nitrogens with one attached hydrogen (secondary N) is 2. The van der Waals surface area contributed by atoms with E-state index in [1.54, 1.807) is 24.3 Å². The molecule has 2 amide bonds. The second-order valence-corrected chi connectivity index (χ2v) is 6.47. The van der Waals surface area contributed by atoms with E-state index in [0.29, 0.717) is 34.8 Å². The monoisotopic (exact) mass is 378 g/mol. The largest absolute Gasteiger partial charge is 0.352 e. The molecule has 0 atom stereocenters. The number of rotatable bonds is 6. The summed E-state index contributed by atoms with van der Waals surface area (Å²) in [6.45, 7) is 0.486. The van der Waals surface area contributed by atoms with Crippen LogP contribution in [0.4, 0.5) is 5.69 Å². The summed E-state index contributed by atoms with van der Waals surface area (Å²) in [5.41, 5.74) is 2.64. The molecule has 27 heavy (non-hydrogen) atoms. The summed E-state index contributed by atoms with van der Waals surface area (Å²) in [5, 5.41) is 6.36. The van der Waals surface area contributed by atoms with E-state index < -0.39 is 0 Å². The molecule has 0 spiro atoms. The first kappa shape index (κ1) is 18.7. The minimum absolute atomic E-state index is 0.216. The quantitative estimate of drug-likeness (QED) is 0.660. The maximum absolute atomic E-state index is 12.4. The van der Waals surface area contributed by atoms with Gasteiger partial charge in [0.25, 0.3) is 11.8 Å². The van der Waals surface area contributed by atoms with Crippen molar-refractivity contribution in [3.8, 4) is 0 Å². The molecular weight excluding hydrogens is 360 g/mol. The van der Waals surface area contributed by atoms with Crippen LogP contribution in [0.2, 0.25) is 5.02 Å². The highest BCUT2D eigenvalue weighted by Crippen LogP contribution is 2.12. The molecule has 2 N–H and O–H groups in total. The Morgan fingerprint density at radius 1 is 0.778 bits per heavy atom. The smallest absolute Gasteiger partial charge is 0.255 e. The fraction of sp³-hybridized carbons (Fsp3) is 0.0909. The SMILES string of the molecule is O=C(NCCc1cccc(Cl)c1)c1cccc(C(=O)Nc2ccccc2)c1. The number of benzene rings is 3. The standard InChI is InChI=1S/C22H19ClN2O2/c23-19-9-4-6-16(14-19)12-13-24-21(26)17-7-5-8-18(15-17)22(27)25-20-10-2-1-3-11-20/h1-11,14-15H,12-13H2,(H,24,26)(H,25,27). The fourth-order valence-electron chi connectivity index (χ4n) is 2.64. The number of carbonyl (C=O) groups is 2. The molecule has 0 aliphatic heterocycles. The molecular formula is C22H19ClN2O2. The van der Waals surface area contributed by atoms with Crippen molar-refractivity contribution in [2.45, 2.75) is 6.42 Å². The average Bonchev–Trinajstić information content (AvgIpc) is 2.69. The summed E-state index contributed by atoms with van der Waals surface area (Å²) in [6, 6.07) is 23.4. The first-order chi connectivity index (χ1) is 13.1. The molecule has 0 radical (unpaired) electrons. The van der Waals surface area contributed by atoms with Gasteiger partial charge in [0.2, 0.25) is 0 Å². The molecule has 0 aliphatic carbocycles. The third kappa shape index (κ3) is 5.43. The molecule has 0 heterocycles. The van der Waals surface area contributed by atoms with Gasteiger partial charge in [-0.15, -0.1) is 0 Å². The molecule has 0 unspecified atom stereocenters. The van der Waals surface area contributed by atoms with Gasteiger partial charge in [-0.3, -0.25) is 9.59 Å². The Labute approximate surface area is 163 Å². The molecule has 3 aromatic carbocycles. The number of amides is 2. The summed E-state index contributed by atoms with van der Waals surface area (Å²) in [7, 11) is 0. The molecule has 0 bridgehead atoms. The van der Waals surface area contributed by atoms with Crippen LogP contribution >= 0.6 is 11.6 Å². The lowest BCUT2D eigenvalue weighted by Gasteiger charge is -2.08. The van der Waals surface area contributed by atoms with Gasteiger partial charge in [-0.2, -0.15) is 0 Å². The Hall–Kier alpha value is -3.11. The molecule has 136 valence electrons. The first-order valence-corrected chi connectivity index (χ1v) is 8.99. The fourth-order valence-corrected chi connectivity index (χ4v) is 2.85. The normalized spacial score (nSPS) is 10.3. The highest BCUT2D eigenvalue weighted by Gasteiger charge is 2.10. The van der Waals surface area contributed by atoms with Crippen LogP contribution in [0, 0.1) is 0 Å². The van der Waals surface area contributed by atoms with Crippen molar-refractivity contribution in [3.63, 3.8) is 0 Å².